The maximum atomic E-state index is 12.9. The van der Waals surface area contributed by atoms with Crippen LogP contribution in [0.3, 0.4) is 0 Å². The lowest BCUT2D eigenvalue weighted by Gasteiger charge is -2.20. The summed E-state index contributed by atoms with van der Waals surface area (Å²) in [5, 5.41) is 11.4. The van der Waals surface area contributed by atoms with Crippen molar-refractivity contribution in [3.63, 3.8) is 0 Å². The van der Waals surface area contributed by atoms with Gasteiger partial charge in [-0.2, -0.15) is 0 Å². The first-order chi connectivity index (χ1) is 14.8. The van der Waals surface area contributed by atoms with Crippen LogP contribution < -0.4 is 5.32 Å². The number of rotatable bonds is 9. The second-order valence-corrected chi connectivity index (χ2v) is 9.31. The summed E-state index contributed by atoms with van der Waals surface area (Å²) in [4.78, 5) is 37.2. The SMILES string of the molecule is CN(CCCC(=O)NCCCO)S(=O)(=O)c1ccc2c(c1)C(=O)c1ccccc1C2=O. The molecule has 0 heterocycles. The number of hydrogen-bond donors (Lipinski definition) is 2. The third-order valence-electron chi connectivity index (χ3n) is 5.14. The molecule has 0 saturated carbocycles. The van der Waals surface area contributed by atoms with Crippen molar-refractivity contribution in [3.05, 3.63) is 64.7 Å². The van der Waals surface area contributed by atoms with Gasteiger partial charge in [-0.05, 0) is 31.0 Å². The van der Waals surface area contributed by atoms with Crippen LogP contribution in [0.5, 0.6) is 0 Å². The minimum absolute atomic E-state index is 0.0122. The van der Waals surface area contributed by atoms with Gasteiger partial charge in [0.15, 0.2) is 11.6 Å². The lowest BCUT2D eigenvalue weighted by molar-refractivity contribution is -0.121. The summed E-state index contributed by atoms with van der Waals surface area (Å²) in [5.41, 5.74) is 0.825. The van der Waals surface area contributed by atoms with E-state index in [4.69, 9.17) is 5.11 Å². The average Bonchev–Trinajstić information content (AvgIpc) is 2.77. The molecule has 2 N–H and O–H groups in total. The van der Waals surface area contributed by atoms with Crippen LogP contribution in [0.2, 0.25) is 0 Å². The smallest absolute Gasteiger partial charge is 0.242 e. The molecule has 31 heavy (non-hydrogen) atoms. The van der Waals surface area contributed by atoms with E-state index >= 15 is 0 Å². The van der Waals surface area contributed by atoms with Gasteiger partial charge in [-0.25, -0.2) is 12.7 Å². The number of aliphatic hydroxyl groups excluding tert-OH is 1. The summed E-state index contributed by atoms with van der Waals surface area (Å²) in [7, 11) is -2.50. The number of fused-ring (bicyclic) bond motifs is 2. The molecule has 1 amide bonds. The Morgan fingerprint density at radius 3 is 2.23 bits per heavy atom. The largest absolute Gasteiger partial charge is 0.396 e. The monoisotopic (exact) mass is 444 g/mol. The van der Waals surface area contributed by atoms with Gasteiger partial charge >= 0.3 is 0 Å². The Bertz CT molecular complexity index is 1130. The van der Waals surface area contributed by atoms with Gasteiger partial charge in [0.05, 0.1) is 4.90 Å². The van der Waals surface area contributed by atoms with E-state index in [1.54, 1.807) is 24.3 Å². The van der Waals surface area contributed by atoms with E-state index in [2.05, 4.69) is 5.32 Å². The van der Waals surface area contributed by atoms with Crippen molar-refractivity contribution in [2.75, 3.05) is 26.7 Å². The normalized spacial score (nSPS) is 13.1. The Balaban J connectivity index is 1.73. The van der Waals surface area contributed by atoms with Crippen molar-refractivity contribution in [1.82, 2.24) is 9.62 Å². The molecule has 0 fully saturated rings. The third-order valence-corrected chi connectivity index (χ3v) is 6.99. The topological polar surface area (TPSA) is 121 Å². The van der Waals surface area contributed by atoms with E-state index in [-0.39, 0.29) is 58.6 Å². The van der Waals surface area contributed by atoms with Crippen LogP contribution in [-0.4, -0.2) is 62.0 Å². The van der Waals surface area contributed by atoms with E-state index < -0.39 is 10.0 Å². The second-order valence-electron chi connectivity index (χ2n) is 7.27. The van der Waals surface area contributed by atoms with E-state index in [0.717, 1.165) is 4.31 Å². The van der Waals surface area contributed by atoms with Crippen LogP contribution in [0.1, 0.15) is 51.1 Å². The number of hydrogen-bond acceptors (Lipinski definition) is 6. The number of nitrogens with zero attached hydrogens (tertiary/aromatic N) is 1. The highest BCUT2D eigenvalue weighted by Gasteiger charge is 2.31. The molecular weight excluding hydrogens is 420 g/mol. The minimum atomic E-state index is -3.90. The zero-order chi connectivity index (χ0) is 22.6. The quantitative estimate of drug-likeness (QED) is 0.481. The Morgan fingerprint density at radius 2 is 1.58 bits per heavy atom. The van der Waals surface area contributed by atoms with Crippen molar-refractivity contribution in [1.29, 1.82) is 0 Å². The Hall–Kier alpha value is -2.88. The zero-order valence-electron chi connectivity index (χ0n) is 17.1. The Labute approximate surface area is 180 Å². The first-order valence-electron chi connectivity index (χ1n) is 9.93. The summed E-state index contributed by atoms with van der Waals surface area (Å²) in [6.07, 6.45) is 0.930. The number of aliphatic hydroxyl groups is 1. The fourth-order valence-electron chi connectivity index (χ4n) is 3.40. The summed E-state index contributed by atoms with van der Waals surface area (Å²) in [6, 6.07) is 10.4. The Morgan fingerprint density at radius 1 is 0.968 bits per heavy atom. The number of nitrogens with one attached hydrogen (secondary N) is 1. The summed E-state index contributed by atoms with van der Waals surface area (Å²) >= 11 is 0. The molecule has 2 aromatic carbocycles. The molecule has 0 aliphatic heterocycles. The van der Waals surface area contributed by atoms with E-state index in [0.29, 0.717) is 24.9 Å². The first kappa shape index (κ1) is 22.8. The van der Waals surface area contributed by atoms with Crippen molar-refractivity contribution in [3.8, 4) is 0 Å². The molecule has 8 nitrogen and oxygen atoms in total. The van der Waals surface area contributed by atoms with Crippen LogP contribution in [0, 0.1) is 0 Å². The molecule has 0 atom stereocenters. The number of carbonyl (C=O) groups is 3. The van der Waals surface area contributed by atoms with Gasteiger partial charge in [0, 0.05) is 55.4 Å². The molecule has 1 aliphatic rings. The second kappa shape index (κ2) is 9.51. The van der Waals surface area contributed by atoms with Gasteiger partial charge < -0.3 is 10.4 Å². The molecule has 0 radical (unpaired) electrons. The molecule has 164 valence electrons. The van der Waals surface area contributed by atoms with Crippen molar-refractivity contribution < 1.29 is 27.9 Å². The van der Waals surface area contributed by atoms with Crippen LogP contribution in [0.25, 0.3) is 0 Å². The molecule has 0 saturated heterocycles. The van der Waals surface area contributed by atoms with Crippen molar-refractivity contribution in [2.45, 2.75) is 24.2 Å². The lowest BCUT2D eigenvalue weighted by Crippen LogP contribution is -2.30. The minimum Gasteiger partial charge on any atom is -0.396 e. The first-order valence-corrected chi connectivity index (χ1v) is 11.4. The van der Waals surface area contributed by atoms with Gasteiger partial charge in [-0.1, -0.05) is 24.3 Å². The maximum Gasteiger partial charge on any atom is 0.242 e. The highest BCUT2D eigenvalue weighted by Crippen LogP contribution is 2.29. The molecule has 0 spiro atoms. The summed E-state index contributed by atoms with van der Waals surface area (Å²) < 4.78 is 27.0. The van der Waals surface area contributed by atoms with Crippen LogP contribution in [-0.2, 0) is 14.8 Å². The highest BCUT2D eigenvalue weighted by atomic mass is 32.2. The van der Waals surface area contributed by atoms with Gasteiger partial charge in [-0.3, -0.25) is 14.4 Å². The van der Waals surface area contributed by atoms with Crippen LogP contribution in [0.4, 0.5) is 0 Å². The van der Waals surface area contributed by atoms with Gasteiger partial charge in [0.2, 0.25) is 15.9 Å². The van der Waals surface area contributed by atoms with Gasteiger partial charge in [0.25, 0.3) is 0 Å². The molecule has 3 rings (SSSR count). The van der Waals surface area contributed by atoms with Crippen LogP contribution >= 0.6 is 0 Å². The average molecular weight is 445 g/mol. The van der Waals surface area contributed by atoms with E-state index in [1.807, 2.05) is 0 Å². The fourth-order valence-corrected chi connectivity index (χ4v) is 4.63. The maximum absolute atomic E-state index is 12.9. The predicted molar refractivity (Wildman–Crippen MR) is 114 cm³/mol. The van der Waals surface area contributed by atoms with Gasteiger partial charge in [0.1, 0.15) is 0 Å². The highest BCUT2D eigenvalue weighted by molar-refractivity contribution is 7.89. The number of sulfonamides is 1. The van der Waals surface area contributed by atoms with E-state index in [1.165, 1.54) is 25.2 Å². The van der Waals surface area contributed by atoms with Crippen molar-refractivity contribution in [2.24, 2.45) is 0 Å². The molecule has 9 heteroatoms. The fraction of sp³-hybridized carbons (Fsp3) is 0.318. The predicted octanol–water partition coefficient (Wildman–Crippen LogP) is 1.36. The lowest BCUT2D eigenvalue weighted by atomic mass is 9.84. The molecule has 0 unspecified atom stereocenters. The van der Waals surface area contributed by atoms with Crippen molar-refractivity contribution >= 4 is 27.5 Å². The number of benzene rings is 2. The number of carbonyl (C=O) groups excluding carboxylic acids is 3. The summed E-state index contributed by atoms with van der Waals surface area (Å²) in [6.45, 7) is 0.471. The summed E-state index contributed by atoms with van der Waals surface area (Å²) in [5.74, 6) is -0.907. The number of amides is 1. The third kappa shape index (κ3) is 4.73. The molecule has 2 aromatic rings. The van der Waals surface area contributed by atoms with Crippen LogP contribution in [0.15, 0.2) is 47.4 Å². The molecular formula is C22H24N2O6S. The molecule has 0 aromatic heterocycles. The zero-order valence-corrected chi connectivity index (χ0v) is 17.9. The van der Waals surface area contributed by atoms with Gasteiger partial charge in [-0.15, -0.1) is 0 Å². The molecule has 1 aliphatic carbocycles. The standard InChI is InChI=1S/C22H24N2O6S/c1-24(12-4-8-20(26)23-11-5-13-25)31(29,30)15-9-10-18-19(14-15)22(28)17-7-3-2-6-16(17)21(18)27/h2-3,6-7,9-10,14,25H,4-5,8,11-13H2,1H3,(H,23,26). The Kier molecular flexibility index (Phi) is 6.99. The molecule has 0 bridgehead atoms. The van der Waals surface area contributed by atoms with E-state index in [9.17, 15) is 22.8 Å². The number of ketones is 2.